The normalized spacial score (nSPS) is 18.0. The van der Waals surface area contributed by atoms with Crippen LogP contribution in [0.1, 0.15) is 17.7 Å². The molecule has 2 heterocycles. The maximum absolute atomic E-state index is 11.6. The Hall–Kier alpha value is -1.94. The molecule has 118 valence electrons. The van der Waals surface area contributed by atoms with E-state index in [9.17, 15) is 18.5 Å². The Kier molecular flexibility index (Phi) is 3.65. The van der Waals surface area contributed by atoms with Crippen LogP contribution >= 0.6 is 11.3 Å². The molecule has 0 bridgehead atoms. The summed E-state index contributed by atoms with van der Waals surface area (Å²) in [5, 5.41) is 21.5. The fourth-order valence-electron chi connectivity index (χ4n) is 2.51. The van der Waals surface area contributed by atoms with Crippen LogP contribution in [0.5, 0.6) is 0 Å². The van der Waals surface area contributed by atoms with Gasteiger partial charge in [-0.2, -0.15) is 5.10 Å². The second kappa shape index (κ2) is 5.36. The van der Waals surface area contributed by atoms with Gasteiger partial charge in [0.25, 0.3) is 0 Å². The number of sulfone groups is 1. The number of nitro groups is 1. The largest absolute Gasteiger partial charge is 0.368 e. The lowest BCUT2D eigenvalue weighted by molar-refractivity contribution is -0.383. The zero-order valence-corrected chi connectivity index (χ0v) is 13.3. The SMILES string of the molecule is CS(=O)(=O)c1cc([N+](=O)[O-])c(N[C@H]2CCc3[nH]ncc3C2)s1. The predicted octanol–water partition coefficient (Wildman–Crippen LogP) is 1.75. The van der Waals surface area contributed by atoms with Crippen molar-refractivity contribution in [1.29, 1.82) is 0 Å². The number of rotatable bonds is 4. The average Bonchev–Trinajstić information content (AvgIpc) is 3.03. The molecule has 2 aromatic rings. The van der Waals surface area contributed by atoms with Gasteiger partial charge in [-0.25, -0.2) is 8.42 Å². The van der Waals surface area contributed by atoms with Gasteiger partial charge in [-0.1, -0.05) is 11.3 Å². The number of nitrogens with one attached hydrogen (secondary N) is 2. The minimum Gasteiger partial charge on any atom is -0.368 e. The van der Waals surface area contributed by atoms with Gasteiger partial charge in [-0.3, -0.25) is 15.2 Å². The molecule has 1 aliphatic rings. The molecule has 2 aromatic heterocycles. The summed E-state index contributed by atoms with van der Waals surface area (Å²) >= 11 is 0.908. The smallest absolute Gasteiger partial charge is 0.304 e. The van der Waals surface area contributed by atoms with E-state index in [1.807, 2.05) is 0 Å². The first-order chi connectivity index (χ1) is 10.3. The fraction of sp³-hybridized carbons (Fsp3) is 0.417. The number of aromatic nitrogens is 2. The maximum atomic E-state index is 11.6. The predicted molar refractivity (Wildman–Crippen MR) is 82.1 cm³/mol. The molecule has 2 N–H and O–H groups in total. The van der Waals surface area contributed by atoms with Gasteiger partial charge in [-0.15, -0.1) is 0 Å². The van der Waals surface area contributed by atoms with Crippen molar-refractivity contribution in [2.45, 2.75) is 29.5 Å². The van der Waals surface area contributed by atoms with Gasteiger partial charge >= 0.3 is 5.69 Å². The number of aromatic amines is 1. The van der Waals surface area contributed by atoms with E-state index in [2.05, 4.69) is 15.5 Å². The van der Waals surface area contributed by atoms with Gasteiger partial charge in [0, 0.05) is 24.1 Å². The summed E-state index contributed by atoms with van der Waals surface area (Å²) in [6.45, 7) is 0. The molecule has 0 aromatic carbocycles. The van der Waals surface area contributed by atoms with Crippen LogP contribution in [0.3, 0.4) is 0 Å². The maximum Gasteiger partial charge on any atom is 0.304 e. The Bertz CT molecular complexity index is 824. The van der Waals surface area contributed by atoms with Crippen molar-refractivity contribution in [3.63, 3.8) is 0 Å². The zero-order valence-electron chi connectivity index (χ0n) is 11.7. The molecule has 0 radical (unpaired) electrons. The molecule has 0 fully saturated rings. The minimum atomic E-state index is -3.46. The molecule has 8 nitrogen and oxygen atoms in total. The van der Waals surface area contributed by atoms with Gasteiger partial charge in [-0.05, 0) is 24.8 Å². The van der Waals surface area contributed by atoms with Crippen LogP contribution in [-0.2, 0) is 22.7 Å². The lowest BCUT2D eigenvalue weighted by Gasteiger charge is -2.22. The molecule has 10 heteroatoms. The van der Waals surface area contributed by atoms with E-state index < -0.39 is 14.8 Å². The third-order valence-corrected chi connectivity index (χ3v) is 6.46. The lowest BCUT2D eigenvalue weighted by atomic mass is 9.94. The number of H-pyrrole nitrogens is 1. The van der Waals surface area contributed by atoms with E-state index in [0.29, 0.717) is 11.4 Å². The molecule has 0 unspecified atom stereocenters. The Balaban J connectivity index is 1.86. The number of fused-ring (bicyclic) bond motifs is 1. The van der Waals surface area contributed by atoms with Gasteiger partial charge < -0.3 is 5.32 Å². The molecule has 0 spiro atoms. The molecule has 0 saturated heterocycles. The van der Waals surface area contributed by atoms with Crippen LogP contribution < -0.4 is 5.32 Å². The summed E-state index contributed by atoms with van der Waals surface area (Å²) in [4.78, 5) is 10.6. The van der Waals surface area contributed by atoms with E-state index in [-0.39, 0.29) is 15.9 Å². The molecular weight excluding hydrogens is 328 g/mol. The second-order valence-corrected chi connectivity index (χ2v) is 8.56. The molecular formula is C12H14N4O4S2. The molecule has 1 atom stereocenters. The Morgan fingerprint density at radius 2 is 2.32 bits per heavy atom. The summed E-state index contributed by atoms with van der Waals surface area (Å²) < 4.78 is 23.2. The Morgan fingerprint density at radius 3 is 3.00 bits per heavy atom. The van der Waals surface area contributed by atoms with E-state index in [0.717, 1.165) is 47.8 Å². The van der Waals surface area contributed by atoms with E-state index >= 15 is 0 Å². The quantitative estimate of drug-likeness (QED) is 0.645. The summed E-state index contributed by atoms with van der Waals surface area (Å²) in [5.74, 6) is 0. The summed E-state index contributed by atoms with van der Waals surface area (Å²) in [7, 11) is -3.46. The second-order valence-electron chi connectivity index (χ2n) is 5.27. The van der Waals surface area contributed by atoms with Crippen LogP contribution in [0, 0.1) is 10.1 Å². The summed E-state index contributed by atoms with van der Waals surface area (Å²) in [6.07, 6.45) is 5.12. The highest BCUT2D eigenvalue weighted by molar-refractivity contribution is 7.92. The van der Waals surface area contributed by atoms with Crippen LogP contribution in [0.2, 0.25) is 0 Å². The monoisotopic (exact) mass is 342 g/mol. The summed E-state index contributed by atoms with van der Waals surface area (Å²) in [6, 6.07) is 1.14. The van der Waals surface area contributed by atoms with Crippen LogP contribution in [-0.4, -0.2) is 35.8 Å². The molecule has 1 aliphatic carbocycles. The topological polar surface area (TPSA) is 118 Å². The highest BCUT2D eigenvalue weighted by Gasteiger charge is 2.27. The molecule has 0 saturated carbocycles. The van der Waals surface area contributed by atoms with Crippen LogP contribution in [0.25, 0.3) is 0 Å². The number of nitrogens with zero attached hydrogens (tertiary/aromatic N) is 2. The molecule has 3 rings (SSSR count). The Labute approximate surface area is 130 Å². The summed E-state index contributed by atoms with van der Waals surface area (Å²) in [5.41, 5.74) is 1.99. The van der Waals surface area contributed by atoms with Gasteiger partial charge in [0.05, 0.1) is 11.1 Å². The number of hydrogen-bond donors (Lipinski definition) is 2. The van der Waals surface area contributed by atoms with Gasteiger partial charge in [0.15, 0.2) is 14.8 Å². The van der Waals surface area contributed by atoms with Crippen molar-refractivity contribution in [3.8, 4) is 0 Å². The third kappa shape index (κ3) is 2.83. The molecule has 22 heavy (non-hydrogen) atoms. The van der Waals surface area contributed by atoms with E-state index in [4.69, 9.17) is 0 Å². The first-order valence-corrected chi connectivity index (χ1v) is 9.31. The van der Waals surface area contributed by atoms with E-state index in [1.165, 1.54) is 0 Å². The van der Waals surface area contributed by atoms with Crippen molar-refractivity contribution < 1.29 is 13.3 Å². The van der Waals surface area contributed by atoms with Crippen LogP contribution in [0.15, 0.2) is 16.5 Å². The van der Waals surface area contributed by atoms with Crippen molar-refractivity contribution in [2.75, 3.05) is 11.6 Å². The van der Waals surface area contributed by atoms with Crippen molar-refractivity contribution in [1.82, 2.24) is 10.2 Å². The fourth-order valence-corrected chi connectivity index (χ4v) is 4.52. The van der Waals surface area contributed by atoms with Gasteiger partial charge in [0.2, 0.25) is 0 Å². The van der Waals surface area contributed by atoms with Crippen molar-refractivity contribution in [3.05, 3.63) is 33.6 Å². The number of anilines is 1. The highest BCUT2D eigenvalue weighted by atomic mass is 32.2. The van der Waals surface area contributed by atoms with E-state index in [1.54, 1.807) is 6.20 Å². The Morgan fingerprint density at radius 1 is 1.55 bits per heavy atom. The highest BCUT2D eigenvalue weighted by Crippen LogP contribution is 2.38. The first-order valence-electron chi connectivity index (χ1n) is 6.60. The van der Waals surface area contributed by atoms with Gasteiger partial charge in [0.1, 0.15) is 4.21 Å². The number of aryl methyl sites for hydroxylation is 1. The number of hydrogen-bond acceptors (Lipinski definition) is 7. The average molecular weight is 342 g/mol. The number of thiophene rings is 1. The lowest BCUT2D eigenvalue weighted by Crippen LogP contribution is -2.26. The van der Waals surface area contributed by atoms with Crippen LogP contribution in [0.4, 0.5) is 10.7 Å². The molecule has 0 aliphatic heterocycles. The zero-order chi connectivity index (χ0) is 15.9. The van der Waals surface area contributed by atoms with Crippen molar-refractivity contribution in [2.24, 2.45) is 0 Å². The standard InChI is InChI=1S/C12H14N4O4S2/c1-22(19,20)11-5-10(16(17)18)12(21-11)14-8-2-3-9-7(4-8)6-13-15-9/h5-6,8,14H,2-4H2,1H3,(H,13,15)/t8-/m0/s1. The van der Waals surface area contributed by atoms with Crippen molar-refractivity contribution >= 4 is 31.9 Å². The first kappa shape index (κ1) is 15.0. The minimum absolute atomic E-state index is 0.00140. The molecule has 0 amide bonds. The third-order valence-electron chi connectivity index (χ3n) is 3.60.